The van der Waals surface area contributed by atoms with Crippen molar-refractivity contribution in [2.24, 2.45) is 0 Å². The Kier molecular flexibility index (Phi) is 7.03. The Bertz CT molecular complexity index is 1360. The summed E-state index contributed by atoms with van der Waals surface area (Å²) in [6.07, 6.45) is 0.612. The Morgan fingerprint density at radius 2 is 1.72 bits per heavy atom. The molecular weight excluding hydrogens is 462 g/mol. The number of ether oxygens (including phenoxy) is 1. The molecule has 0 aromatic heterocycles. The molecule has 0 radical (unpaired) electrons. The largest absolute Gasteiger partial charge is 0.507 e. The maximum absolute atomic E-state index is 13.2. The molecule has 1 atom stereocenters. The zero-order valence-corrected chi connectivity index (χ0v) is 20.3. The molecule has 186 valence electrons. The van der Waals surface area contributed by atoms with Gasteiger partial charge >= 0.3 is 0 Å². The molecule has 3 aromatic rings. The number of hydrogen-bond donors (Lipinski definition) is 1. The van der Waals surface area contributed by atoms with Crippen molar-refractivity contribution in [3.63, 3.8) is 0 Å². The fourth-order valence-electron chi connectivity index (χ4n) is 4.45. The Morgan fingerprint density at radius 1 is 1.06 bits per heavy atom. The van der Waals surface area contributed by atoms with Crippen LogP contribution >= 0.6 is 0 Å². The fraction of sp³-hybridized carbons (Fsp3) is 0.259. The van der Waals surface area contributed by atoms with Crippen molar-refractivity contribution < 1.29 is 24.4 Å². The average Bonchev–Trinajstić information content (AvgIpc) is 3.12. The molecule has 0 spiro atoms. The molecule has 0 aliphatic carbocycles. The van der Waals surface area contributed by atoms with Gasteiger partial charge in [0.05, 0.1) is 23.6 Å². The highest BCUT2D eigenvalue weighted by Gasteiger charge is 2.45. The first-order valence-electron chi connectivity index (χ1n) is 11.5. The highest BCUT2D eigenvalue weighted by Crippen LogP contribution is 2.40. The number of methoxy groups -OCH3 is 1. The molecule has 0 bridgehead atoms. The number of benzene rings is 3. The van der Waals surface area contributed by atoms with E-state index in [1.165, 1.54) is 29.2 Å². The SMILES string of the molecule is COc1ccc2cc(/C(O)=C3\C(=O)C(=O)N(CCCN(C)C)C3c3ccc([N+](=O)[O-])cc3)ccc2c1. The van der Waals surface area contributed by atoms with Crippen LogP contribution in [0.5, 0.6) is 5.75 Å². The lowest BCUT2D eigenvalue weighted by Crippen LogP contribution is -2.32. The lowest BCUT2D eigenvalue weighted by atomic mass is 9.94. The van der Waals surface area contributed by atoms with Gasteiger partial charge < -0.3 is 19.6 Å². The van der Waals surface area contributed by atoms with E-state index in [0.717, 1.165) is 10.8 Å². The van der Waals surface area contributed by atoms with Crippen LogP contribution in [0, 0.1) is 10.1 Å². The van der Waals surface area contributed by atoms with Gasteiger partial charge in [0.25, 0.3) is 17.4 Å². The summed E-state index contributed by atoms with van der Waals surface area (Å²) >= 11 is 0. The molecule has 9 heteroatoms. The van der Waals surface area contributed by atoms with Crippen molar-refractivity contribution in [2.75, 3.05) is 34.3 Å². The first kappa shape index (κ1) is 24.9. The molecule has 1 unspecified atom stereocenters. The van der Waals surface area contributed by atoms with Gasteiger partial charge in [0.1, 0.15) is 11.5 Å². The van der Waals surface area contributed by atoms with Crippen LogP contribution in [0.1, 0.15) is 23.6 Å². The standard InChI is InChI=1S/C27H27N3O6/c1-28(2)13-4-14-29-24(17-7-10-21(11-8-17)30(34)35)23(26(32)27(29)33)25(31)20-6-5-19-16-22(36-3)12-9-18(19)15-20/h5-12,15-16,24,31H,4,13-14H2,1-3H3/b25-23+. The molecule has 9 nitrogen and oxygen atoms in total. The van der Waals surface area contributed by atoms with Crippen LogP contribution in [-0.4, -0.2) is 65.8 Å². The molecule has 1 aliphatic rings. The number of Topliss-reactive ketones (excluding diaryl/α,β-unsaturated/α-hetero) is 1. The van der Waals surface area contributed by atoms with E-state index in [0.29, 0.717) is 36.4 Å². The van der Waals surface area contributed by atoms with E-state index in [1.807, 2.05) is 31.1 Å². The molecule has 1 fully saturated rings. The number of aliphatic hydroxyl groups is 1. The van der Waals surface area contributed by atoms with Gasteiger partial charge in [-0.05, 0) is 73.7 Å². The second-order valence-corrected chi connectivity index (χ2v) is 8.93. The zero-order valence-electron chi connectivity index (χ0n) is 20.3. The maximum Gasteiger partial charge on any atom is 0.295 e. The van der Waals surface area contributed by atoms with Gasteiger partial charge in [-0.1, -0.05) is 18.2 Å². The lowest BCUT2D eigenvalue weighted by molar-refractivity contribution is -0.384. The average molecular weight is 490 g/mol. The van der Waals surface area contributed by atoms with Crippen molar-refractivity contribution in [1.29, 1.82) is 0 Å². The quantitative estimate of drug-likeness (QED) is 0.166. The number of ketones is 1. The van der Waals surface area contributed by atoms with Gasteiger partial charge in [0.15, 0.2) is 0 Å². The van der Waals surface area contributed by atoms with Gasteiger partial charge in [-0.2, -0.15) is 0 Å². The number of non-ortho nitro benzene ring substituents is 1. The number of hydrogen-bond acceptors (Lipinski definition) is 7. The minimum Gasteiger partial charge on any atom is -0.507 e. The van der Waals surface area contributed by atoms with Crippen molar-refractivity contribution in [3.05, 3.63) is 87.5 Å². The topological polar surface area (TPSA) is 113 Å². The number of aliphatic hydroxyl groups excluding tert-OH is 1. The molecule has 36 heavy (non-hydrogen) atoms. The monoisotopic (exact) mass is 489 g/mol. The summed E-state index contributed by atoms with van der Waals surface area (Å²) in [5.41, 5.74) is 0.766. The number of rotatable bonds is 8. The molecule has 1 heterocycles. The number of amides is 1. The summed E-state index contributed by atoms with van der Waals surface area (Å²) in [5, 5.41) is 24.2. The molecular formula is C27H27N3O6. The highest BCUT2D eigenvalue weighted by atomic mass is 16.6. The first-order chi connectivity index (χ1) is 17.2. The number of nitro benzene ring substituents is 1. The normalized spacial score (nSPS) is 17.2. The Morgan fingerprint density at radius 3 is 2.36 bits per heavy atom. The van der Waals surface area contributed by atoms with Gasteiger partial charge in [0, 0.05) is 24.2 Å². The van der Waals surface area contributed by atoms with E-state index in [-0.39, 0.29) is 17.0 Å². The Labute approximate surface area is 208 Å². The fourth-order valence-corrected chi connectivity index (χ4v) is 4.45. The molecule has 1 amide bonds. The van der Waals surface area contributed by atoms with Crippen molar-refractivity contribution in [2.45, 2.75) is 12.5 Å². The summed E-state index contributed by atoms with van der Waals surface area (Å²) < 4.78 is 5.26. The van der Waals surface area contributed by atoms with E-state index in [1.54, 1.807) is 31.4 Å². The molecule has 1 aliphatic heterocycles. The molecule has 1 saturated heterocycles. The van der Waals surface area contributed by atoms with Crippen molar-refractivity contribution >= 4 is 33.9 Å². The zero-order chi connectivity index (χ0) is 26.0. The number of fused-ring (bicyclic) bond motifs is 1. The third-order valence-corrected chi connectivity index (χ3v) is 6.28. The number of nitro groups is 1. The molecule has 0 saturated carbocycles. The molecule has 3 aromatic carbocycles. The number of carbonyl (C=O) groups is 2. The molecule has 1 N–H and O–H groups in total. The number of carbonyl (C=O) groups excluding carboxylic acids is 2. The summed E-state index contributed by atoms with van der Waals surface area (Å²) in [7, 11) is 5.41. The Balaban J connectivity index is 1.81. The van der Waals surface area contributed by atoms with Gasteiger partial charge in [-0.3, -0.25) is 19.7 Å². The Hall–Kier alpha value is -4.24. The predicted octanol–water partition coefficient (Wildman–Crippen LogP) is 4.13. The van der Waals surface area contributed by atoms with Crippen LogP contribution in [0.2, 0.25) is 0 Å². The van der Waals surface area contributed by atoms with Gasteiger partial charge in [-0.15, -0.1) is 0 Å². The van der Waals surface area contributed by atoms with E-state index in [9.17, 15) is 24.8 Å². The lowest BCUT2D eigenvalue weighted by Gasteiger charge is -2.26. The highest BCUT2D eigenvalue weighted by molar-refractivity contribution is 6.46. The van der Waals surface area contributed by atoms with Crippen molar-refractivity contribution in [3.8, 4) is 5.75 Å². The smallest absolute Gasteiger partial charge is 0.295 e. The van der Waals surface area contributed by atoms with Crippen LogP contribution in [0.25, 0.3) is 16.5 Å². The van der Waals surface area contributed by atoms with E-state index < -0.39 is 22.7 Å². The second-order valence-electron chi connectivity index (χ2n) is 8.93. The predicted molar refractivity (Wildman–Crippen MR) is 136 cm³/mol. The molecule has 4 rings (SSSR count). The third kappa shape index (κ3) is 4.78. The first-order valence-corrected chi connectivity index (χ1v) is 11.5. The van der Waals surface area contributed by atoms with E-state index in [2.05, 4.69) is 0 Å². The number of likely N-dealkylation sites (tertiary alicyclic amines) is 1. The summed E-state index contributed by atoms with van der Waals surface area (Å²) in [6.45, 7) is 0.989. The second kappa shape index (κ2) is 10.2. The van der Waals surface area contributed by atoms with Crippen LogP contribution in [0.3, 0.4) is 0 Å². The van der Waals surface area contributed by atoms with Gasteiger partial charge in [-0.25, -0.2) is 0 Å². The third-order valence-electron chi connectivity index (χ3n) is 6.28. The van der Waals surface area contributed by atoms with Crippen LogP contribution in [-0.2, 0) is 9.59 Å². The summed E-state index contributed by atoms with van der Waals surface area (Å²) in [6, 6.07) is 15.6. The summed E-state index contributed by atoms with van der Waals surface area (Å²) in [4.78, 5) is 40.3. The summed E-state index contributed by atoms with van der Waals surface area (Å²) in [5.74, 6) is -1.08. The van der Waals surface area contributed by atoms with Gasteiger partial charge in [0.2, 0.25) is 0 Å². The van der Waals surface area contributed by atoms with Crippen LogP contribution in [0.15, 0.2) is 66.2 Å². The minimum atomic E-state index is -0.862. The minimum absolute atomic E-state index is 0.0356. The van der Waals surface area contributed by atoms with Crippen molar-refractivity contribution in [1.82, 2.24) is 9.80 Å². The van der Waals surface area contributed by atoms with E-state index in [4.69, 9.17) is 4.74 Å². The van der Waals surface area contributed by atoms with E-state index >= 15 is 0 Å². The van der Waals surface area contributed by atoms with Crippen LogP contribution in [0.4, 0.5) is 5.69 Å². The van der Waals surface area contributed by atoms with Crippen LogP contribution < -0.4 is 4.74 Å². The number of nitrogens with zero attached hydrogens (tertiary/aromatic N) is 3. The maximum atomic E-state index is 13.2.